The standard InChI is InChI=1S/C30H27N9O/c1-20(40)37-13-15-38(16-14-37)22-6-7-28(33-17-22)36-30-32-12-10-26(35-30)27-18-34-29-8-5-21(19-39(27)29)23-3-2-4-25-24(23)9-11-31-25/h2-12,17-19,31H,13-16H2,1H3,(H,32,33,35,36). The maximum Gasteiger partial charge on any atom is 0.228 e. The van der Waals surface area contributed by atoms with Gasteiger partial charge in [0.25, 0.3) is 0 Å². The molecule has 1 aliphatic heterocycles. The van der Waals surface area contributed by atoms with Crippen molar-refractivity contribution in [2.75, 3.05) is 36.4 Å². The third-order valence-electron chi connectivity index (χ3n) is 7.41. The van der Waals surface area contributed by atoms with Crippen molar-refractivity contribution >= 4 is 39.9 Å². The van der Waals surface area contributed by atoms with Gasteiger partial charge in [-0.25, -0.2) is 19.9 Å². The van der Waals surface area contributed by atoms with Crippen molar-refractivity contribution in [3.05, 3.63) is 85.6 Å². The van der Waals surface area contributed by atoms with E-state index in [-0.39, 0.29) is 5.91 Å². The Morgan fingerprint density at radius 2 is 1.82 bits per heavy atom. The van der Waals surface area contributed by atoms with Crippen molar-refractivity contribution in [2.45, 2.75) is 6.92 Å². The first-order valence-corrected chi connectivity index (χ1v) is 13.2. The summed E-state index contributed by atoms with van der Waals surface area (Å²) in [6.07, 6.45) is 9.47. The zero-order chi connectivity index (χ0) is 27.1. The molecule has 1 aliphatic rings. The minimum absolute atomic E-state index is 0.123. The largest absolute Gasteiger partial charge is 0.367 e. The molecule has 6 aromatic rings. The first kappa shape index (κ1) is 23.8. The Balaban J connectivity index is 1.12. The van der Waals surface area contributed by atoms with Crippen LogP contribution < -0.4 is 10.2 Å². The number of H-pyrrole nitrogens is 1. The normalized spacial score (nSPS) is 13.7. The minimum atomic E-state index is 0.123. The number of pyridine rings is 2. The maximum atomic E-state index is 11.6. The lowest BCUT2D eigenvalue weighted by Gasteiger charge is -2.35. The molecule has 0 bridgehead atoms. The van der Waals surface area contributed by atoms with Gasteiger partial charge in [0.05, 0.1) is 29.5 Å². The number of rotatable bonds is 5. The average molecular weight is 530 g/mol. The highest BCUT2D eigenvalue weighted by Crippen LogP contribution is 2.30. The van der Waals surface area contributed by atoms with Crippen molar-refractivity contribution in [1.82, 2.24) is 34.2 Å². The summed E-state index contributed by atoms with van der Waals surface area (Å²) in [5.41, 5.74) is 6.84. The fourth-order valence-corrected chi connectivity index (χ4v) is 5.27. The van der Waals surface area contributed by atoms with E-state index in [1.807, 2.05) is 47.8 Å². The quantitative estimate of drug-likeness (QED) is 0.332. The van der Waals surface area contributed by atoms with Crippen LogP contribution in [-0.2, 0) is 4.79 Å². The molecule has 5 aromatic heterocycles. The molecule has 6 heterocycles. The molecule has 0 aliphatic carbocycles. The zero-order valence-electron chi connectivity index (χ0n) is 22.0. The van der Waals surface area contributed by atoms with Gasteiger partial charge in [0.1, 0.15) is 11.5 Å². The predicted octanol–water partition coefficient (Wildman–Crippen LogP) is 4.75. The lowest BCUT2D eigenvalue weighted by atomic mass is 10.0. The van der Waals surface area contributed by atoms with Crippen molar-refractivity contribution in [3.8, 4) is 22.5 Å². The number of carbonyl (C=O) groups is 1. The Morgan fingerprint density at radius 1 is 0.925 bits per heavy atom. The second-order valence-electron chi connectivity index (χ2n) is 9.82. The number of fused-ring (bicyclic) bond motifs is 2. The van der Waals surface area contributed by atoms with E-state index in [0.717, 1.165) is 65.5 Å². The Kier molecular flexibility index (Phi) is 5.85. The SMILES string of the molecule is CC(=O)N1CCN(c2ccc(Nc3nccc(-c4cnc5ccc(-c6cccc7[nH]ccc67)cn45)n3)nc2)CC1. The third-order valence-corrected chi connectivity index (χ3v) is 7.41. The average Bonchev–Trinajstić information content (AvgIpc) is 3.65. The number of nitrogens with one attached hydrogen (secondary N) is 2. The van der Waals surface area contributed by atoms with Crippen LogP contribution in [0.5, 0.6) is 0 Å². The van der Waals surface area contributed by atoms with Crippen LogP contribution in [0.25, 0.3) is 39.1 Å². The van der Waals surface area contributed by atoms with E-state index < -0.39 is 0 Å². The van der Waals surface area contributed by atoms with Crippen LogP contribution >= 0.6 is 0 Å². The summed E-state index contributed by atoms with van der Waals surface area (Å²) in [7, 11) is 0. The fraction of sp³-hybridized carbons (Fsp3) is 0.167. The van der Waals surface area contributed by atoms with Crippen LogP contribution in [0.1, 0.15) is 6.92 Å². The monoisotopic (exact) mass is 529 g/mol. The van der Waals surface area contributed by atoms with Crippen molar-refractivity contribution in [1.29, 1.82) is 0 Å². The summed E-state index contributed by atoms with van der Waals surface area (Å²) in [5.74, 6) is 1.23. The van der Waals surface area contributed by atoms with Crippen molar-refractivity contribution < 1.29 is 4.79 Å². The van der Waals surface area contributed by atoms with E-state index in [9.17, 15) is 4.79 Å². The first-order valence-electron chi connectivity index (χ1n) is 13.2. The number of aromatic nitrogens is 6. The number of hydrogen-bond acceptors (Lipinski definition) is 7. The molecule has 10 nitrogen and oxygen atoms in total. The van der Waals surface area contributed by atoms with Crippen LogP contribution in [0, 0.1) is 0 Å². The third kappa shape index (κ3) is 4.39. The fourth-order valence-electron chi connectivity index (χ4n) is 5.27. The summed E-state index contributed by atoms with van der Waals surface area (Å²) in [6.45, 7) is 4.65. The number of hydrogen-bond donors (Lipinski definition) is 2. The minimum Gasteiger partial charge on any atom is -0.367 e. The van der Waals surface area contributed by atoms with Crippen molar-refractivity contribution in [2.24, 2.45) is 0 Å². The first-order chi connectivity index (χ1) is 19.6. The number of imidazole rings is 1. The highest BCUT2D eigenvalue weighted by Gasteiger charge is 2.19. The molecule has 7 rings (SSSR count). The number of anilines is 3. The number of carbonyl (C=O) groups excluding carboxylic acids is 1. The smallest absolute Gasteiger partial charge is 0.228 e. The van der Waals surface area contributed by atoms with Gasteiger partial charge < -0.3 is 20.1 Å². The summed E-state index contributed by atoms with van der Waals surface area (Å²) < 4.78 is 2.06. The van der Waals surface area contributed by atoms with Gasteiger partial charge in [-0.2, -0.15) is 0 Å². The Labute approximate surface area is 230 Å². The highest BCUT2D eigenvalue weighted by atomic mass is 16.2. The molecular formula is C30H27N9O. The van der Waals surface area contributed by atoms with Gasteiger partial charge in [0.2, 0.25) is 11.9 Å². The molecule has 0 unspecified atom stereocenters. The molecular weight excluding hydrogens is 502 g/mol. The van der Waals surface area contributed by atoms with Gasteiger partial charge in [-0.3, -0.25) is 9.20 Å². The van der Waals surface area contributed by atoms with Gasteiger partial charge in [0.15, 0.2) is 0 Å². The molecule has 40 heavy (non-hydrogen) atoms. The van der Waals surface area contributed by atoms with Gasteiger partial charge in [-0.05, 0) is 53.6 Å². The van der Waals surface area contributed by atoms with Gasteiger partial charge in [-0.15, -0.1) is 0 Å². The van der Waals surface area contributed by atoms with Crippen LogP contribution in [-0.4, -0.2) is 66.3 Å². The van der Waals surface area contributed by atoms with Gasteiger partial charge in [-0.1, -0.05) is 12.1 Å². The Bertz CT molecular complexity index is 1830. The van der Waals surface area contributed by atoms with Crippen LogP contribution in [0.15, 0.2) is 85.6 Å². The second-order valence-corrected chi connectivity index (χ2v) is 9.82. The number of piperazine rings is 1. The zero-order valence-corrected chi connectivity index (χ0v) is 22.0. The molecule has 0 spiro atoms. The van der Waals surface area contributed by atoms with E-state index >= 15 is 0 Å². The summed E-state index contributed by atoms with van der Waals surface area (Å²) in [4.78, 5) is 37.4. The molecule has 1 aromatic carbocycles. The molecule has 198 valence electrons. The molecule has 10 heteroatoms. The lowest BCUT2D eigenvalue weighted by Crippen LogP contribution is -2.48. The summed E-state index contributed by atoms with van der Waals surface area (Å²) >= 11 is 0. The van der Waals surface area contributed by atoms with Crippen molar-refractivity contribution in [3.63, 3.8) is 0 Å². The summed E-state index contributed by atoms with van der Waals surface area (Å²) in [5, 5.41) is 4.40. The van der Waals surface area contributed by atoms with E-state index in [2.05, 4.69) is 71.1 Å². The van der Waals surface area contributed by atoms with E-state index in [1.54, 1.807) is 13.1 Å². The second kappa shape index (κ2) is 9.81. The number of aromatic amines is 1. The maximum absolute atomic E-state index is 11.6. The van der Waals surface area contributed by atoms with E-state index in [0.29, 0.717) is 11.8 Å². The van der Waals surface area contributed by atoms with Crippen LogP contribution in [0.4, 0.5) is 17.5 Å². The number of benzene rings is 1. The number of amides is 1. The lowest BCUT2D eigenvalue weighted by molar-refractivity contribution is -0.129. The highest BCUT2D eigenvalue weighted by molar-refractivity contribution is 5.95. The van der Waals surface area contributed by atoms with Crippen LogP contribution in [0.2, 0.25) is 0 Å². The van der Waals surface area contributed by atoms with Gasteiger partial charge in [0, 0.05) is 62.6 Å². The molecule has 0 atom stereocenters. The van der Waals surface area contributed by atoms with E-state index in [1.165, 1.54) is 5.39 Å². The molecule has 2 N–H and O–H groups in total. The van der Waals surface area contributed by atoms with Crippen LogP contribution in [0.3, 0.4) is 0 Å². The topological polar surface area (TPSA) is 107 Å². The molecule has 0 saturated carbocycles. The molecule has 0 radical (unpaired) electrons. The Morgan fingerprint density at radius 3 is 2.65 bits per heavy atom. The van der Waals surface area contributed by atoms with E-state index in [4.69, 9.17) is 4.98 Å². The molecule has 1 amide bonds. The molecule has 1 saturated heterocycles. The Hall–Kier alpha value is -5.25. The number of nitrogens with zero attached hydrogens (tertiary/aromatic N) is 7. The van der Waals surface area contributed by atoms with Gasteiger partial charge >= 0.3 is 0 Å². The molecule has 1 fully saturated rings. The predicted molar refractivity (Wildman–Crippen MR) is 155 cm³/mol. The summed E-state index contributed by atoms with van der Waals surface area (Å²) in [6, 6.07) is 18.3.